The summed E-state index contributed by atoms with van der Waals surface area (Å²) in [4.78, 5) is 13.6. The Labute approximate surface area is 77.5 Å². The van der Waals surface area contributed by atoms with Crippen molar-refractivity contribution in [3.63, 3.8) is 0 Å². The third kappa shape index (κ3) is 1.16. The molecule has 0 amide bonds. The Hall–Kier alpha value is -0.610. The highest BCUT2D eigenvalue weighted by Gasteiger charge is 2.54. The standard InChI is InChI=1S/C9H15NO3/c1-13-8(12)9-3-2-4-10(9)6-7(11)5-9/h7,11H,2-6H2,1H3/t7-,9+/m1/s1. The maximum Gasteiger partial charge on any atom is 0.326 e. The monoisotopic (exact) mass is 185 g/mol. The van der Waals surface area contributed by atoms with E-state index in [0.29, 0.717) is 13.0 Å². The molecule has 4 heteroatoms. The minimum absolute atomic E-state index is 0.179. The van der Waals surface area contributed by atoms with Gasteiger partial charge in [-0.2, -0.15) is 0 Å². The average Bonchev–Trinajstić information content (AvgIpc) is 2.59. The lowest BCUT2D eigenvalue weighted by Crippen LogP contribution is -2.46. The first-order valence-corrected chi connectivity index (χ1v) is 4.70. The number of aliphatic hydroxyl groups is 1. The van der Waals surface area contributed by atoms with Crippen LogP contribution in [0, 0.1) is 0 Å². The fourth-order valence-corrected chi connectivity index (χ4v) is 2.64. The summed E-state index contributed by atoms with van der Waals surface area (Å²) in [5, 5.41) is 9.50. The van der Waals surface area contributed by atoms with Crippen LogP contribution in [-0.2, 0) is 9.53 Å². The van der Waals surface area contributed by atoms with Crippen LogP contribution in [0.3, 0.4) is 0 Å². The molecular formula is C9H15NO3. The van der Waals surface area contributed by atoms with Crippen molar-refractivity contribution in [1.29, 1.82) is 0 Å². The topological polar surface area (TPSA) is 49.8 Å². The van der Waals surface area contributed by atoms with E-state index in [1.807, 2.05) is 0 Å². The van der Waals surface area contributed by atoms with Gasteiger partial charge in [-0.05, 0) is 19.4 Å². The summed E-state index contributed by atoms with van der Waals surface area (Å²) in [6.07, 6.45) is 2.04. The predicted octanol–water partition coefficient (Wildman–Crippen LogP) is -0.241. The Morgan fingerprint density at radius 1 is 1.69 bits per heavy atom. The zero-order chi connectivity index (χ0) is 9.47. The molecule has 2 fully saturated rings. The summed E-state index contributed by atoms with van der Waals surface area (Å²) in [6, 6.07) is 0. The van der Waals surface area contributed by atoms with Crippen LogP contribution in [0.2, 0.25) is 0 Å². The van der Waals surface area contributed by atoms with Gasteiger partial charge in [-0.1, -0.05) is 0 Å². The van der Waals surface area contributed by atoms with Crippen molar-refractivity contribution in [2.24, 2.45) is 0 Å². The molecule has 0 aromatic carbocycles. The number of methoxy groups -OCH3 is 1. The molecule has 2 aliphatic rings. The number of fused-ring (bicyclic) bond motifs is 1. The molecule has 74 valence electrons. The molecule has 2 aliphatic heterocycles. The number of ether oxygens (including phenoxy) is 1. The second kappa shape index (κ2) is 2.96. The van der Waals surface area contributed by atoms with Crippen molar-refractivity contribution in [3.05, 3.63) is 0 Å². The highest BCUT2D eigenvalue weighted by atomic mass is 16.5. The predicted molar refractivity (Wildman–Crippen MR) is 46.2 cm³/mol. The third-order valence-corrected chi connectivity index (χ3v) is 3.19. The van der Waals surface area contributed by atoms with Crippen molar-refractivity contribution in [3.8, 4) is 0 Å². The van der Waals surface area contributed by atoms with E-state index in [-0.39, 0.29) is 12.1 Å². The second-order valence-electron chi connectivity index (χ2n) is 3.93. The molecule has 2 heterocycles. The van der Waals surface area contributed by atoms with Crippen LogP contribution in [0.4, 0.5) is 0 Å². The summed E-state index contributed by atoms with van der Waals surface area (Å²) < 4.78 is 4.80. The molecule has 13 heavy (non-hydrogen) atoms. The van der Waals surface area contributed by atoms with Gasteiger partial charge in [0.2, 0.25) is 0 Å². The summed E-state index contributed by atoms with van der Waals surface area (Å²) in [6.45, 7) is 1.53. The Morgan fingerprint density at radius 3 is 3.15 bits per heavy atom. The molecule has 0 aromatic heterocycles. The summed E-state index contributed by atoms with van der Waals surface area (Å²) in [5.41, 5.74) is -0.492. The molecule has 0 bridgehead atoms. The molecular weight excluding hydrogens is 170 g/mol. The number of nitrogens with zero attached hydrogens (tertiary/aromatic N) is 1. The van der Waals surface area contributed by atoms with Crippen LogP contribution in [-0.4, -0.2) is 47.8 Å². The zero-order valence-corrected chi connectivity index (χ0v) is 7.82. The van der Waals surface area contributed by atoms with E-state index >= 15 is 0 Å². The SMILES string of the molecule is COC(=O)[C@@]12CCCN1C[C@H](O)C2. The maximum absolute atomic E-state index is 11.6. The second-order valence-corrected chi connectivity index (χ2v) is 3.93. The molecule has 0 radical (unpaired) electrons. The fraction of sp³-hybridized carbons (Fsp3) is 0.889. The number of rotatable bonds is 1. The van der Waals surface area contributed by atoms with Gasteiger partial charge in [-0.3, -0.25) is 9.69 Å². The van der Waals surface area contributed by atoms with E-state index in [4.69, 9.17) is 4.74 Å². The number of hydrogen-bond acceptors (Lipinski definition) is 4. The van der Waals surface area contributed by atoms with Gasteiger partial charge in [0, 0.05) is 13.0 Å². The van der Waals surface area contributed by atoms with Gasteiger partial charge in [-0.25, -0.2) is 0 Å². The Kier molecular flexibility index (Phi) is 2.04. The summed E-state index contributed by atoms with van der Waals surface area (Å²) in [5.74, 6) is -0.179. The van der Waals surface area contributed by atoms with Gasteiger partial charge in [-0.15, -0.1) is 0 Å². The lowest BCUT2D eigenvalue weighted by atomic mass is 9.93. The quantitative estimate of drug-likeness (QED) is 0.573. The zero-order valence-electron chi connectivity index (χ0n) is 7.82. The van der Waals surface area contributed by atoms with Crippen LogP contribution < -0.4 is 0 Å². The van der Waals surface area contributed by atoms with E-state index in [2.05, 4.69) is 4.90 Å². The van der Waals surface area contributed by atoms with Crippen molar-refractivity contribution in [1.82, 2.24) is 4.90 Å². The van der Waals surface area contributed by atoms with Crippen LogP contribution in [0.15, 0.2) is 0 Å². The minimum atomic E-state index is -0.492. The smallest absolute Gasteiger partial charge is 0.326 e. The van der Waals surface area contributed by atoms with Crippen molar-refractivity contribution >= 4 is 5.97 Å². The molecule has 2 saturated heterocycles. The summed E-state index contributed by atoms with van der Waals surface area (Å²) in [7, 11) is 1.41. The van der Waals surface area contributed by atoms with E-state index < -0.39 is 5.54 Å². The van der Waals surface area contributed by atoms with Gasteiger partial charge in [0.05, 0.1) is 13.2 Å². The molecule has 0 saturated carbocycles. The average molecular weight is 185 g/mol. The number of hydrogen-bond donors (Lipinski definition) is 1. The van der Waals surface area contributed by atoms with Gasteiger partial charge in [0.1, 0.15) is 5.54 Å². The fourth-order valence-electron chi connectivity index (χ4n) is 2.64. The highest BCUT2D eigenvalue weighted by Crippen LogP contribution is 2.39. The van der Waals surface area contributed by atoms with Gasteiger partial charge in [0.15, 0.2) is 0 Å². The lowest BCUT2D eigenvalue weighted by molar-refractivity contribution is -0.151. The van der Waals surface area contributed by atoms with Crippen molar-refractivity contribution in [2.75, 3.05) is 20.2 Å². The molecule has 0 aromatic rings. The Bertz CT molecular complexity index is 231. The Balaban J connectivity index is 2.23. The first kappa shape index (κ1) is 8.97. The van der Waals surface area contributed by atoms with Gasteiger partial charge >= 0.3 is 5.97 Å². The normalized spacial score (nSPS) is 39.1. The number of β-amino-alcohol motifs (C(OH)–C–C–N with tert-alkyl or cyclic N) is 1. The Morgan fingerprint density at radius 2 is 2.46 bits per heavy atom. The first-order chi connectivity index (χ1) is 6.19. The molecule has 1 N–H and O–H groups in total. The van der Waals surface area contributed by atoms with Crippen molar-refractivity contribution < 1.29 is 14.6 Å². The molecule has 0 unspecified atom stereocenters. The summed E-state index contributed by atoms with van der Waals surface area (Å²) >= 11 is 0. The van der Waals surface area contributed by atoms with Crippen LogP contribution >= 0.6 is 0 Å². The highest BCUT2D eigenvalue weighted by molar-refractivity contribution is 5.81. The number of carbonyl (C=O) groups excluding carboxylic acids is 1. The minimum Gasteiger partial charge on any atom is -0.468 e. The molecule has 2 rings (SSSR count). The maximum atomic E-state index is 11.6. The number of esters is 1. The number of aliphatic hydroxyl groups excluding tert-OH is 1. The number of carbonyl (C=O) groups is 1. The van der Waals surface area contributed by atoms with E-state index in [0.717, 1.165) is 19.4 Å². The first-order valence-electron chi connectivity index (χ1n) is 4.70. The van der Waals surface area contributed by atoms with Gasteiger partial charge in [0.25, 0.3) is 0 Å². The molecule has 2 atom stereocenters. The lowest BCUT2D eigenvalue weighted by Gasteiger charge is -2.27. The van der Waals surface area contributed by atoms with Crippen LogP contribution in [0.5, 0.6) is 0 Å². The van der Waals surface area contributed by atoms with Crippen LogP contribution in [0.25, 0.3) is 0 Å². The third-order valence-electron chi connectivity index (χ3n) is 3.19. The van der Waals surface area contributed by atoms with E-state index in [9.17, 15) is 9.90 Å². The molecule has 0 aliphatic carbocycles. The molecule has 4 nitrogen and oxygen atoms in total. The molecule has 0 spiro atoms. The largest absolute Gasteiger partial charge is 0.468 e. The van der Waals surface area contributed by atoms with E-state index in [1.165, 1.54) is 7.11 Å². The van der Waals surface area contributed by atoms with Crippen LogP contribution in [0.1, 0.15) is 19.3 Å². The van der Waals surface area contributed by atoms with Gasteiger partial charge < -0.3 is 9.84 Å². The van der Waals surface area contributed by atoms with Crippen molar-refractivity contribution in [2.45, 2.75) is 30.9 Å². The van der Waals surface area contributed by atoms with E-state index in [1.54, 1.807) is 0 Å².